The van der Waals surface area contributed by atoms with Crippen LogP contribution in [-0.4, -0.2) is 20.1 Å². The number of benzene rings is 1. The fraction of sp³-hybridized carbons (Fsp3) is 0.200. The number of aliphatic hydroxyl groups is 1. The summed E-state index contributed by atoms with van der Waals surface area (Å²) in [5, 5.41) is 16.5. The van der Waals surface area contributed by atoms with Crippen LogP contribution in [0, 0.1) is 12.7 Å². The Morgan fingerprint density at radius 2 is 2.13 bits per heavy atom. The average Bonchev–Trinajstić information content (AvgIpc) is 2.60. The first-order valence-electron chi connectivity index (χ1n) is 4.51. The third-order valence-corrected chi connectivity index (χ3v) is 2.22. The molecule has 2 aromatic rings. The van der Waals surface area contributed by atoms with Gasteiger partial charge < -0.3 is 5.11 Å². The molecule has 0 amide bonds. The van der Waals surface area contributed by atoms with Crippen LogP contribution in [0.5, 0.6) is 0 Å². The van der Waals surface area contributed by atoms with Crippen molar-refractivity contribution in [2.75, 3.05) is 0 Å². The second-order valence-electron chi connectivity index (χ2n) is 3.14. The van der Waals surface area contributed by atoms with Gasteiger partial charge in [0.1, 0.15) is 17.2 Å². The van der Waals surface area contributed by atoms with Crippen LogP contribution in [-0.2, 0) is 6.61 Å². The minimum absolute atomic E-state index is 0.194. The summed E-state index contributed by atoms with van der Waals surface area (Å²) in [7, 11) is 0. The van der Waals surface area contributed by atoms with Gasteiger partial charge in [-0.3, -0.25) is 0 Å². The van der Waals surface area contributed by atoms with Gasteiger partial charge in [0.25, 0.3) is 0 Å². The van der Waals surface area contributed by atoms with Gasteiger partial charge in [-0.2, -0.15) is 0 Å². The molecule has 1 aromatic carbocycles. The zero-order chi connectivity index (χ0) is 10.8. The molecule has 0 fully saturated rings. The number of rotatable bonds is 2. The second-order valence-corrected chi connectivity index (χ2v) is 3.14. The van der Waals surface area contributed by atoms with Gasteiger partial charge in [0, 0.05) is 0 Å². The van der Waals surface area contributed by atoms with E-state index in [2.05, 4.69) is 10.3 Å². The van der Waals surface area contributed by atoms with Crippen LogP contribution in [0.1, 0.15) is 11.4 Å². The molecule has 1 N–H and O–H groups in total. The van der Waals surface area contributed by atoms with Gasteiger partial charge in [-0.05, 0) is 19.1 Å². The first kappa shape index (κ1) is 9.79. The van der Waals surface area contributed by atoms with Crippen LogP contribution in [0.25, 0.3) is 5.69 Å². The lowest BCUT2D eigenvalue weighted by molar-refractivity contribution is 0.276. The Bertz CT molecular complexity index is 481. The Morgan fingerprint density at radius 1 is 1.40 bits per heavy atom. The molecule has 0 aliphatic rings. The lowest BCUT2D eigenvalue weighted by Gasteiger charge is -2.03. The average molecular weight is 207 g/mol. The quantitative estimate of drug-likeness (QED) is 0.805. The predicted octanol–water partition coefficient (Wildman–Crippen LogP) is 1.21. The van der Waals surface area contributed by atoms with E-state index in [9.17, 15) is 4.39 Å². The molecule has 1 heterocycles. The molecule has 4 nitrogen and oxygen atoms in total. The van der Waals surface area contributed by atoms with E-state index in [1.54, 1.807) is 25.1 Å². The van der Waals surface area contributed by atoms with Gasteiger partial charge in [0.2, 0.25) is 0 Å². The molecule has 0 aliphatic heterocycles. The molecular weight excluding hydrogens is 197 g/mol. The Hall–Kier alpha value is -1.75. The van der Waals surface area contributed by atoms with Crippen LogP contribution in [0.4, 0.5) is 4.39 Å². The maximum Gasteiger partial charge on any atom is 0.148 e. The van der Waals surface area contributed by atoms with Crippen LogP contribution < -0.4 is 0 Å². The number of aromatic nitrogens is 3. The fourth-order valence-electron chi connectivity index (χ4n) is 1.36. The minimum atomic E-state index is -0.366. The molecule has 15 heavy (non-hydrogen) atoms. The van der Waals surface area contributed by atoms with E-state index in [0.717, 1.165) is 0 Å². The van der Waals surface area contributed by atoms with E-state index >= 15 is 0 Å². The lowest BCUT2D eigenvalue weighted by Crippen LogP contribution is -2.02. The summed E-state index contributed by atoms with van der Waals surface area (Å²) in [6.07, 6.45) is 0. The van der Waals surface area contributed by atoms with E-state index < -0.39 is 0 Å². The number of hydrogen-bond acceptors (Lipinski definition) is 3. The number of aliphatic hydroxyl groups excluding tert-OH is 1. The highest BCUT2D eigenvalue weighted by Crippen LogP contribution is 2.15. The first-order valence-corrected chi connectivity index (χ1v) is 4.51. The van der Waals surface area contributed by atoms with Crippen molar-refractivity contribution in [2.24, 2.45) is 0 Å². The highest BCUT2D eigenvalue weighted by molar-refractivity contribution is 5.34. The van der Waals surface area contributed by atoms with E-state index in [1.807, 2.05) is 0 Å². The SMILES string of the molecule is Cc1c(CO)nnn1-c1ccccc1F. The molecule has 0 spiro atoms. The highest BCUT2D eigenvalue weighted by Gasteiger charge is 2.11. The number of nitrogens with zero attached hydrogens (tertiary/aromatic N) is 3. The van der Waals surface area contributed by atoms with Crippen LogP contribution in [0.15, 0.2) is 24.3 Å². The Kier molecular flexibility index (Phi) is 2.47. The van der Waals surface area contributed by atoms with E-state index in [1.165, 1.54) is 10.7 Å². The van der Waals surface area contributed by atoms with Crippen molar-refractivity contribution in [3.63, 3.8) is 0 Å². The molecule has 0 unspecified atom stereocenters. The van der Waals surface area contributed by atoms with Crippen molar-refractivity contribution >= 4 is 0 Å². The summed E-state index contributed by atoms with van der Waals surface area (Å²) < 4.78 is 14.8. The smallest absolute Gasteiger partial charge is 0.148 e. The van der Waals surface area contributed by atoms with Crippen molar-refractivity contribution in [1.82, 2.24) is 15.0 Å². The van der Waals surface area contributed by atoms with Crippen molar-refractivity contribution in [2.45, 2.75) is 13.5 Å². The van der Waals surface area contributed by atoms with E-state index in [0.29, 0.717) is 17.1 Å². The predicted molar refractivity (Wildman–Crippen MR) is 52.0 cm³/mol. The molecule has 0 radical (unpaired) electrons. The van der Waals surface area contributed by atoms with Crippen molar-refractivity contribution in [3.8, 4) is 5.69 Å². The molecule has 5 heteroatoms. The van der Waals surface area contributed by atoms with Gasteiger partial charge in [-0.25, -0.2) is 9.07 Å². The monoisotopic (exact) mass is 207 g/mol. The standard InChI is InChI=1S/C10H10FN3O/c1-7-9(6-15)12-13-14(7)10-5-3-2-4-8(10)11/h2-5,15H,6H2,1H3. The molecule has 1 aromatic heterocycles. The fourth-order valence-corrected chi connectivity index (χ4v) is 1.36. The maximum absolute atomic E-state index is 13.4. The van der Waals surface area contributed by atoms with Gasteiger partial charge in [-0.1, -0.05) is 17.3 Å². The topological polar surface area (TPSA) is 50.9 Å². The van der Waals surface area contributed by atoms with Gasteiger partial charge in [0.15, 0.2) is 0 Å². The van der Waals surface area contributed by atoms with Crippen LogP contribution in [0.3, 0.4) is 0 Å². The summed E-state index contributed by atoms with van der Waals surface area (Å²) in [6.45, 7) is 1.54. The minimum Gasteiger partial charge on any atom is -0.390 e. The summed E-state index contributed by atoms with van der Waals surface area (Å²) >= 11 is 0. The largest absolute Gasteiger partial charge is 0.390 e. The Labute approximate surface area is 86.0 Å². The first-order chi connectivity index (χ1) is 7.24. The highest BCUT2D eigenvalue weighted by atomic mass is 19.1. The Balaban J connectivity index is 2.55. The van der Waals surface area contributed by atoms with Crippen LogP contribution in [0.2, 0.25) is 0 Å². The number of hydrogen-bond donors (Lipinski definition) is 1. The second kappa shape index (κ2) is 3.78. The van der Waals surface area contributed by atoms with E-state index in [4.69, 9.17) is 5.11 Å². The Morgan fingerprint density at radius 3 is 2.73 bits per heavy atom. The number of para-hydroxylation sites is 1. The third kappa shape index (κ3) is 1.61. The van der Waals surface area contributed by atoms with Gasteiger partial charge in [-0.15, -0.1) is 5.10 Å². The maximum atomic E-state index is 13.4. The molecule has 0 bridgehead atoms. The molecule has 78 valence electrons. The lowest BCUT2D eigenvalue weighted by atomic mass is 10.3. The van der Waals surface area contributed by atoms with E-state index in [-0.39, 0.29) is 12.4 Å². The third-order valence-electron chi connectivity index (χ3n) is 2.22. The molecule has 2 rings (SSSR count). The van der Waals surface area contributed by atoms with Gasteiger partial charge >= 0.3 is 0 Å². The van der Waals surface area contributed by atoms with Crippen molar-refractivity contribution < 1.29 is 9.50 Å². The van der Waals surface area contributed by atoms with Gasteiger partial charge in [0.05, 0.1) is 12.3 Å². The number of halogens is 1. The molecule has 0 atom stereocenters. The molecule has 0 saturated carbocycles. The molecular formula is C10H10FN3O. The summed E-state index contributed by atoms with van der Waals surface area (Å²) in [5.41, 5.74) is 1.43. The summed E-state index contributed by atoms with van der Waals surface area (Å²) in [5.74, 6) is -0.366. The normalized spacial score (nSPS) is 10.6. The molecule has 0 saturated heterocycles. The zero-order valence-electron chi connectivity index (χ0n) is 8.18. The van der Waals surface area contributed by atoms with Crippen molar-refractivity contribution in [1.29, 1.82) is 0 Å². The van der Waals surface area contributed by atoms with Crippen molar-refractivity contribution in [3.05, 3.63) is 41.5 Å². The van der Waals surface area contributed by atoms with Crippen LogP contribution >= 0.6 is 0 Å². The summed E-state index contributed by atoms with van der Waals surface area (Å²) in [4.78, 5) is 0. The summed E-state index contributed by atoms with van der Waals surface area (Å²) in [6, 6.07) is 6.30. The molecule has 0 aliphatic carbocycles. The zero-order valence-corrected chi connectivity index (χ0v) is 8.18.